The molecule has 2 nitrogen and oxygen atoms in total. The van der Waals surface area contributed by atoms with Crippen LogP contribution in [0.1, 0.15) is 63.7 Å². The Morgan fingerprint density at radius 2 is 1.81 bits per heavy atom. The summed E-state index contributed by atoms with van der Waals surface area (Å²) in [7, 11) is 0. The monoisotopic (exact) mass is 290 g/mol. The van der Waals surface area contributed by atoms with E-state index in [9.17, 15) is 5.11 Å². The summed E-state index contributed by atoms with van der Waals surface area (Å²) in [6.07, 6.45) is 5.88. The van der Waals surface area contributed by atoms with Crippen LogP contribution in [0.15, 0.2) is 24.3 Å². The van der Waals surface area contributed by atoms with Crippen molar-refractivity contribution >= 4 is 0 Å². The Bertz CT molecular complexity index is 410. The van der Waals surface area contributed by atoms with E-state index < -0.39 is 6.10 Å². The maximum Gasteiger partial charge on any atom is 0.102 e. The smallest absolute Gasteiger partial charge is 0.102 e. The molecule has 1 fully saturated rings. The molecule has 1 N–H and O–H groups in total. The summed E-state index contributed by atoms with van der Waals surface area (Å²) >= 11 is 0. The van der Waals surface area contributed by atoms with E-state index in [1.807, 2.05) is 12.1 Å². The fraction of sp³-hybridized carbons (Fsp3) is 0.684. The molecule has 0 radical (unpaired) electrons. The van der Waals surface area contributed by atoms with Crippen molar-refractivity contribution in [2.24, 2.45) is 11.8 Å². The van der Waals surface area contributed by atoms with Crippen LogP contribution in [-0.4, -0.2) is 17.8 Å². The van der Waals surface area contributed by atoms with E-state index in [-0.39, 0.29) is 0 Å². The third-order valence-electron chi connectivity index (χ3n) is 4.51. The van der Waals surface area contributed by atoms with Crippen molar-refractivity contribution in [3.63, 3.8) is 0 Å². The van der Waals surface area contributed by atoms with Crippen LogP contribution in [0.4, 0.5) is 0 Å². The lowest BCUT2D eigenvalue weighted by atomic mass is 9.88. The second-order valence-electron chi connectivity index (χ2n) is 6.99. The molecule has 0 heterocycles. The van der Waals surface area contributed by atoms with Crippen molar-refractivity contribution in [1.82, 2.24) is 0 Å². The maximum absolute atomic E-state index is 10.3. The Balaban J connectivity index is 1.83. The minimum Gasteiger partial charge on any atom is -0.386 e. The van der Waals surface area contributed by atoms with Gasteiger partial charge in [-0.15, -0.1) is 0 Å². The van der Waals surface area contributed by atoms with Crippen LogP contribution in [-0.2, 0) is 11.2 Å². The summed E-state index contributed by atoms with van der Waals surface area (Å²) in [4.78, 5) is 0. The van der Waals surface area contributed by atoms with E-state index in [0.29, 0.717) is 24.5 Å². The number of hydrogen-bond donors (Lipinski definition) is 1. The molecule has 1 aliphatic rings. The molecule has 1 aromatic rings. The highest BCUT2D eigenvalue weighted by molar-refractivity contribution is 5.24. The first kappa shape index (κ1) is 16.5. The van der Waals surface area contributed by atoms with Crippen molar-refractivity contribution in [2.45, 2.75) is 65.1 Å². The standard InChI is InChI=1S/C19H30O2/c1-14(2)12-16-8-10-17(11-9-16)18(20)13-21-19-7-5-4-6-15(19)3/h8-11,14-15,18-20H,4-7,12-13H2,1-3H3. The molecule has 0 saturated heterocycles. The van der Waals surface area contributed by atoms with Gasteiger partial charge in [0.05, 0.1) is 12.7 Å². The Hall–Kier alpha value is -0.860. The fourth-order valence-corrected chi connectivity index (χ4v) is 3.19. The number of hydrogen-bond acceptors (Lipinski definition) is 2. The molecule has 3 atom stereocenters. The predicted molar refractivity (Wildman–Crippen MR) is 87.3 cm³/mol. The average Bonchev–Trinajstić information content (AvgIpc) is 2.46. The van der Waals surface area contributed by atoms with Gasteiger partial charge in [0.25, 0.3) is 0 Å². The molecule has 1 aliphatic carbocycles. The molecule has 118 valence electrons. The molecule has 3 unspecified atom stereocenters. The second-order valence-corrected chi connectivity index (χ2v) is 6.99. The van der Waals surface area contributed by atoms with E-state index in [1.165, 1.54) is 24.8 Å². The lowest BCUT2D eigenvalue weighted by molar-refractivity contribution is -0.0467. The van der Waals surface area contributed by atoms with Gasteiger partial charge in [0.2, 0.25) is 0 Å². The van der Waals surface area contributed by atoms with Gasteiger partial charge in [-0.25, -0.2) is 0 Å². The van der Waals surface area contributed by atoms with E-state index in [1.54, 1.807) is 0 Å². The quantitative estimate of drug-likeness (QED) is 0.835. The third kappa shape index (κ3) is 5.12. The average molecular weight is 290 g/mol. The van der Waals surface area contributed by atoms with Gasteiger partial charge in [-0.1, -0.05) is 57.9 Å². The zero-order valence-electron chi connectivity index (χ0n) is 13.7. The SMILES string of the molecule is CC(C)Cc1ccc(C(O)COC2CCCCC2C)cc1. The third-order valence-corrected chi connectivity index (χ3v) is 4.51. The van der Waals surface area contributed by atoms with Gasteiger partial charge in [-0.3, -0.25) is 0 Å². The van der Waals surface area contributed by atoms with Crippen LogP contribution in [0.3, 0.4) is 0 Å². The minimum atomic E-state index is -0.507. The van der Waals surface area contributed by atoms with Gasteiger partial charge >= 0.3 is 0 Å². The maximum atomic E-state index is 10.3. The minimum absolute atomic E-state index is 0.327. The van der Waals surface area contributed by atoms with Crippen molar-refractivity contribution < 1.29 is 9.84 Å². The number of benzene rings is 1. The highest BCUT2D eigenvalue weighted by Gasteiger charge is 2.22. The largest absolute Gasteiger partial charge is 0.386 e. The summed E-state index contributed by atoms with van der Waals surface area (Å²) < 4.78 is 5.96. The van der Waals surface area contributed by atoms with Gasteiger partial charge in [-0.2, -0.15) is 0 Å². The van der Waals surface area contributed by atoms with Gasteiger partial charge < -0.3 is 9.84 Å². The zero-order chi connectivity index (χ0) is 15.2. The molecule has 0 spiro atoms. The highest BCUT2D eigenvalue weighted by Crippen LogP contribution is 2.27. The number of aliphatic hydroxyl groups is 1. The fourth-order valence-electron chi connectivity index (χ4n) is 3.19. The molecule has 0 amide bonds. The van der Waals surface area contributed by atoms with Crippen molar-refractivity contribution in [3.8, 4) is 0 Å². The topological polar surface area (TPSA) is 29.5 Å². The molecule has 1 aromatic carbocycles. The normalized spacial score (nSPS) is 24.2. The highest BCUT2D eigenvalue weighted by atomic mass is 16.5. The molecular formula is C19H30O2. The van der Waals surface area contributed by atoms with E-state index in [2.05, 4.69) is 32.9 Å². The molecule has 0 aromatic heterocycles. The molecule has 1 saturated carbocycles. The lowest BCUT2D eigenvalue weighted by Gasteiger charge is -2.29. The molecule has 21 heavy (non-hydrogen) atoms. The van der Waals surface area contributed by atoms with E-state index >= 15 is 0 Å². The first-order chi connectivity index (χ1) is 10.1. The van der Waals surface area contributed by atoms with Crippen LogP contribution >= 0.6 is 0 Å². The Morgan fingerprint density at radius 1 is 1.14 bits per heavy atom. The van der Waals surface area contributed by atoms with Gasteiger partial charge in [0.1, 0.15) is 6.10 Å². The van der Waals surface area contributed by atoms with Crippen LogP contribution < -0.4 is 0 Å². The van der Waals surface area contributed by atoms with E-state index in [4.69, 9.17) is 4.74 Å². The second kappa shape index (κ2) is 7.95. The molecule has 0 aliphatic heterocycles. The lowest BCUT2D eigenvalue weighted by Crippen LogP contribution is -2.27. The summed E-state index contributed by atoms with van der Waals surface area (Å²) in [6, 6.07) is 8.33. The molecule has 0 bridgehead atoms. The van der Waals surface area contributed by atoms with Gasteiger partial charge in [-0.05, 0) is 42.2 Å². The van der Waals surface area contributed by atoms with Crippen LogP contribution in [0.5, 0.6) is 0 Å². The first-order valence-electron chi connectivity index (χ1n) is 8.44. The predicted octanol–water partition coefficient (Wildman–Crippen LogP) is 4.51. The number of ether oxygens (including phenoxy) is 1. The van der Waals surface area contributed by atoms with Crippen LogP contribution in [0.25, 0.3) is 0 Å². The summed E-state index contributed by atoms with van der Waals surface area (Å²) in [5, 5.41) is 10.3. The van der Waals surface area contributed by atoms with Crippen LogP contribution in [0, 0.1) is 11.8 Å². The zero-order valence-corrected chi connectivity index (χ0v) is 13.7. The van der Waals surface area contributed by atoms with Gasteiger partial charge in [0.15, 0.2) is 0 Å². The first-order valence-corrected chi connectivity index (χ1v) is 8.44. The summed E-state index contributed by atoms with van der Waals surface area (Å²) in [5.41, 5.74) is 2.30. The Morgan fingerprint density at radius 3 is 2.43 bits per heavy atom. The number of rotatable bonds is 6. The molecular weight excluding hydrogens is 260 g/mol. The van der Waals surface area contributed by atoms with Crippen LogP contribution in [0.2, 0.25) is 0 Å². The van der Waals surface area contributed by atoms with Crippen molar-refractivity contribution in [3.05, 3.63) is 35.4 Å². The van der Waals surface area contributed by atoms with E-state index in [0.717, 1.165) is 18.4 Å². The Kier molecular flexibility index (Phi) is 6.25. The summed E-state index contributed by atoms with van der Waals surface area (Å²) in [5.74, 6) is 1.29. The van der Waals surface area contributed by atoms with Crippen molar-refractivity contribution in [1.29, 1.82) is 0 Å². The van der Waals surface area contributed by atoms with Gasteiger partial charge in [0, 0.05) is 0 Å². The molecule has 2 rings (SSSR count). The van der Waals surface area contributed by atoms with Crippen molar-refractivity contribution in [2.75, 3.05) is 6.61 Å². The summed E-state index contributed by atoms with van der Waals surface area (Å²) in [6.45, 7) is 7.12. The number of aliphatic hydroxyl groups excluding tert-OH is 1. The Labute approximate surface area is 129 Å². The molecule has 2 heteroatoms.